The van der Waals surface area contributed by atoms with Gasteiger partial charge in [-0.25, -0.2) is 4.98 Å². The lowest BCUT2D eigenvalue weighted by atomic mass is 10.2. The molecule has 0 fully saturated rings. The molecule has 0 aliphatic rings. The highest BCUT2D eigenvalue weighted by Crippen LogP contribution is 2.22. The Kier molecular flexibility index (Phi) is 4.05. The zero-order valence-corrected chi connectivity index (χ0v) is 13.2. The van der Waals surface area contributed by atoms with Gasteiger partial charge in [0.25, 0.3) is 5.91 Å². The Morgan fingerprint density at radius 2 is 2.00 bits per heavy atom. The first-order valence-corrected chi connectivity index (χ1v) is 7.51. The van der Waals surface area contributed by atoms with Crippen molar-refractivity contribution in [1.82, 2.24) is 15.3 Å². The van der Waals surface area contributed by atoms with Gasteiger partial charge in [0.05, 0.1) is 27.7 Å². The smallest absolute Gasteiger partial charge is 0.253 e. The fourth-order valence-corrected chi connectivity index (χ4v) is 2.69. The van der Waals surface area contributed by atoms with Crippen molar-refractivity contribution < 1.29 is 4.79 Å². The second kappa shape index (κ2) is 5.99. The Bertz CT molecular complexity index is 811. The predicted molar refractivity (Wildman–Crippen MR) is 88.4 cm³/mol. The van der Waals surface area contributed by atoms with Crippen LogP contribution in [0.2, 0.25) is 10.0 Å². The van der Waals surface area contributed by atoms with E-state index in [1.165, 1.54) is 0 Å². The van der Waals surface area contributed by atoms with E-state index < -0.39 is 0 Å². The maximum Gasteiger partial charge on any atom is 0.253 e. The molecule has 0 bridgehead atoms. The van der Waals surface area contributed by atoms with E-state index in [-0.39, 0.29) is 11.9 Å². The third-order valence-corrected chi connectivity index (χ3v) is 3.89. The van der Waals surface area contributed by atoms with Gasteiger partial charge in [-0.2, -0.15) is 0 Å². The van der Waals surface area contributed by atoms with Crippen LogP contribution in [0.4, 0.5) is 0 Å². The minimum absolute atomic E-state index is 0.269. The van der Waals surface area contributed by atoms with E-state index in [4.69, 9.17) is 23.2 Å². The minimum atomic E-state index is -0.272. The third kappa shape index (κ3) is 2.93. The summed E-state index contributed by atoms with van der Waals surface area (Å²) in [6, 6.07) is 12.2. The molecule has 3 rings (SSSR count). The number of rotatable bonds is 3. The van der Waals surface area contributed by atoms with Crippen molar-refractivity contribution in [2.75, 3.05) is 0 Å². The minimum Gasteiger partial charge on any atom is -0.342 e. The molecule has 6 heteroatoms. The maximum absolute atomic E-state index is 12.3. The molecule has 1 heterocycles. The number of hydrogen-bond donors (Lipinski definition) is 2. The predicted octanol–water partition coefficient (Wildman–Crippen LogP) is 4.36. The lowest BCUT2D eigenvalue weighted by Gasteiger charge is -2.12. The number of aromatic amines is 1. The molecule has 0 radical (unpaired) electrons. The second-order valence-corrected chi connectivity index (χ2v) is 5.80. The number of fused-ring (bicyclic) bond motifs is 1. The number of H-pyrrole nitrogens is 1. The Morgan fingerprint density at radius 3 is 2.73 bits per heavy atom. The summed E-state index contributed by atoms with van der Waals surface area (Å²) in [6.45, 7) is 1.86. The zero-order chi connectivity index (χ0) is 15.7. The molecule has 0 unspecified atom stereocenters. The SMILES string of the molecule is C[C@@H](NC(=O)c1ccc(Cl)cc1Cl)c1nc2ccccc2[nH]1. The molecule has 0 saturated heterocycles. The normalized spacial score (nSPS) is 12.3. The van der Waals surface area contributed by atoms with Crippen molar-refractivity contribution in [3.05, 3.63) is 63.9 Å². The van der Waals surface area contributed by atoms with Crippen LogP contribution in [0.3, 0.4) is 0 Å². The number of carbonyl (C=O) groups is 1. The van der Waals surface area contributed by atoms with E-state index in [0.29, 0.717) is 21.4 Å². The van der Waals surface area contributed by atoms with Gasteiger partial charge in [-0.15, -0.1) is 0 Å². The molecule has 3 aromatic rings. The molecule has 0 spiro atoms. The van der Waals surface area contributed by atoms with Crippen molar-refractivity contribution in [2.45, 2.75) is 13.0 Å². The quantitative estimate of drug-likeness (QED) is 0.748. The molecule has 0 aliphatic carbocycles. The lowest BCUT2D eigenvalue weighted by molar-refractivity contribution is 0.0938. The van der Waals surface area contributed by atoms with Gasteiger partial charge in [0.15, 0.2) is 0 Å². The summed E-state index contributed by atoms with van der Waals surface area (Å²) in [4.78, 5) is 20.0. The number of aromatic nitrogens is 2. The molecule has 112 valence electrons. The fourth-order valence-electron chi connectivity index (χ4n) is 2.19. The first kappa shape index (κ1) is 14.9. The summed E-state index contributed by atoms with van der Waals surface area (Å²) in [5, 5.41) is 3.69. The number of halogens is 2. The summed E-state index contributed by atoms with van der Waals surface area (Å²) >= 11 is 11.9. The van der Waals surface area contributed by atoms with Gasteiger partial charge in [0.2, 0.25) is 0 Å². The third-order valence-electron chi connectivity index (χ3n) is 3.34. The Morgan fingerprint density at radius 1 is 1.23 bits per heavy atom. The summed E-state index contributed by atoms with van der Waals surface area (Å²) < 4.78 is 0. The average molecular weight is 334 g/mol. The van der Waals surface area contributed by atoms with Crippen LogP contribution in [-0.4, -0.2) is 15.9 Å². The molecule has 1 atom stereocenters. The molecule has 4 nitrogen and oxygen atoms in total. The summed E-state index contributed by atoms with van der Waals surface area (Å²) in [6.07, 6.45) is 0. The summed E-state index contributed by atoms with van der Waals surface area (Å²) in [7, 11) is 0. The van der Waals surface area contributed by atoms with E-state index in [0.717, 1.165) is 11.0 Å². The van der Waals surface area contributed by atoms with E-state index in [9.17, 15) is 4.79 Å². The number of benzene rings is 2. The van der Waals surface area contributed by atoms with Crippen LogP contribution >= 0.6 is 23.2 Å². The molecule has 2 aromatic carbocycles. The van der Waals surface area contributed by atoms with Gasteiger partial charge >= 0.3 is 0 Å². The van der Waals surface area contributed by atoms with Crippen molar-refractivity contribution in [3.63, 3.8) is 0 Å². The number of nitrogens with zero attached hydrogens (tertiary/aromatic N) is 1. The van der Waals surface area contributed by atoms with Gasteiger partial charge < -0.3 is 10.3 Å². The number of carbonyl (C=O) groups excluding carboxylic acids is 1. The maximum atomic E-state index is 12.3. The molecule has 0 saturated carbocycles. The summed E-state index contributed by atoms with van der Waals surface area (Å²) in [5.74, 6) is 0.425. The van der Waals surface area contributed by atoms with Crippen molar-refractivity contribution >= 4 is 40.1 Å². The van der Waals surface area contributed by atoms with Crippen LogP contribution in [0.1, 0.15) is 29.1 Å². The highest BCUT2D eigenvalue weighted by Gasteiger charge is 2.16. The van der Waals surface area contributed by atoms with Crippen LogP contribution in [0.15, 0.2) is 42.5 Å². The molecule has 1 amide bonds. The van der Waals surface area contributed by atoms with Gasteiger partial charge in [0, 0.05) is 5.02 Å². The van der Waals surface area contributed by atoms with E-state index in [1.54, 1.807) is 18.2 Å². The standard InChI is InChI=1S/C16H13Cl2N3O/c1-9(15-20-13-4-2-3-5-14(13)21-15)19-16(22)11-7-6-10(17)8-12(11)18/h2-9H,1H3,(H,19,22)(H,20,21)/t9-/m1/s1. The number of para-hydroxylation sites is 2. The van der Waals surface area contributed by atoms with Crippen molar-refractivity contribution in [1.29, 1.82) is 0 Å². The first-order chi connectivity index (χ1) is 10.5. The Labute approximate surface area is 137 Å². The Balaban J connectivity index is 1.81. The van der Waals surface area contributed by atoms with Gasteiger partial charge in [-0.05, 0) is 37.3 Å². The second-order valence-electron chi connectivity index (χ2n) is 4.96. The lowest BCUT2D eigenvalue weighted by Crippen LogP contribution is -2.27. The molecule has 2 N–H and O–H groups in total. The van der Waals surface area contributed by atoms with Gasteiger partial charge in [-0.1, -0.05) is 35.3 Å². The monoisotopic (exact) mass is 333 g/mol. The molecule has 1 aromatic heterocycles. The number of amides is 1. The number of imidazole rings is 1. The van der Waals surface area contributed by atoms with Gasteiger partial charge in [-0.3, -0.25) is 4.79 Å². The van der Waals surface area contributed by atoms with E-state index in [2.05, 4.69) is 15.3 Å². The zero-order valence-electron chi connectivity index (χ0n) is 11.7. The van der Waals surface area contributed by atoms with Crippen LogP contribution < -0.4 is 5.32 Å². The summed E-state index contributed by atoms with van der Waals surface area (Å²) in [5.41, 5.74) is 2.18. The molecule has 22 heavy (non-hydrogen) atoms. The fraction of sp³-hybridized carbons (Fsp3) is 0.125. The number of nitrogens with one attached hydrogen (secondary N) is 2. The highest BCUT2D eigenvalue weighted by atomic mass is 35.5. The molecular weight excluding hydrogens is 321 g/mol. The van der Waals surface area contributed by atoms with Crippen molar-refractivity contribution in [2.24, 2.45) is 0 Å². The van der Waals surface area contributed by atoms with E-state index >= 15 is 0 Å². The largest absolute Gasteiger partial charge is 0.342 e. The first-order valence-electron chi connectivity index (χ1n) is 6.75. The van der Waals surface area contributed by atoms with E-state index in [1.807, 2.05) is 31.2 Å². The van der Waals surface area contributed by atoms with Gasteiger partial charge in [0.1, 0.15) is 5.82 Å². The van der Waals surface area contributed by atoms with Crippen LogP contribution in [0.25, 0.3) is 11.0 Å². The van der Waals surface area contributed by atoms with Crippen LogP contribution in [-0.2, 0) is 0 Å². The molecule has 0 aliphatic heterocycles. The van der Waals surface area contributed by atoms with Crippen LogP contribution in [0, 0.1) is 0 Å². The van der Waals surface area contributed by atoms with Crippen LogP contribution in [0.5, 0.6) is 0 Å². The topological polar surface area (TPSA) is 57.8 Å². The average Bonchev–Trinajstić information content (AvgIpc) is 2.91. The highest BCUT2D eigenvalue weighted by molar-refractivity contribution is 6.36. The Hall–Kier alpha value is -2.04. The molecular formula is C16H13Cl2N3O. The van der Waals surface area contributed by atoms with Crippen molar-refractivity contribution in [3.8, 4) is 0 Å². The number of hydrogen-bond acceptors (Lipinski definition) is 2.